The zero-order valence-electron chi connectivity index (χ0n) is 16.2. The second-order valence-corrected chi connectivity index (χ2v) is 7.29. The van der Waals surface area contributed by atoms with Crippen LogP contribution in [-0.4, -0.2) is 33.9 Å². The fourth-order valence-electron chi connectivity index (χ4n) is 3.68. The largest absolute Gasteiger partial charge is 0.340 e. The van der Waals surface area contributed by atoms with E-state index in [-0.39, 0.29) is 5.91 Å². The summed E-state index contributed by atoms with van der Waals surface area (Å²) in [6.07, 6.45) is 4.54. The number of hydrogen-bond donors (Lipinski definition) is 1. The van der Waals surface area contributed by atoms with Crippen molar-refractivity contribution in [2.75, 3.05) is 18.4 Å². The molecule has 0 aliphatic carbocycles. The molecule has 0 bridgehead atoms. The molecule has 1 saturated heterocycles. The van der Waals surface area contributed by atoms with Gasteiger partial charge in [-0.3, -0.25) is 4.79 Å². The predicted molar refractivity (Wildman–Crippen MR) is 105 cm³/mol. The Kier molecular flexibility index (Phi) is 5.55. The Balaban J connectivity index is 1.87. The fraction of sp³-hybridized carbons (Fsp3) is 0.476. The predicted octanol–water partition coefficient (Wildman–Crippen LogP) is 4.47. The van der Waals surface area contributed by atoms with E-state index in [1.54, 1.807) is 6.07 Å². The summed E-state index contributed by atoms with van der Waals surface area (Å²) in [4.78, 5) is 23.7. The van der Waals surface area contributed by atoms with Gasteiger partial charge in [-0.05, 0) is 51.7 Å². The first-order chi connectivity index (χ1) is 12.4. The van der Waals surface area contributed by atoms with Crippen LogP contribution in [0.25, 0.3) is 0 Å². The zero-order chi connectivity index (χ0) is 18.7. The number of nitrogens with zero attached hydrogens (tertiary/aromatic N) is 3. The van der Waals surface area contributed by atoms with Crippen LogP contribution in [0.3, 0.4) is 0 Å². The van der Waals surface area contributed by atoms with Crippen molar-refractivity contribution in [1.29, 1.82) is 0 Å². The molecule has 1 fully saturated rings. The molecule has 5 heteroatoms. The quantitative estimate of drug-likeness (QED) is 0.885. The first-order valence-corrected chi connectivity index (χ1v) is 9.44. The molecule has 1 aromatic carbocycles. The summed E-state index contributed by atoms with van der Waals surface area (Å²) in [6.45, 7) is 9.73. The standard InChI is InChI=1S/C21H28N4O/c1-14-11-15(2)20(16(3)12-14)24-19-13-18(22-17(4)23-19)21(26)25-9-7-5-6-8-10-25/h11-13H,5-10H2,1-4H3,(H,22,23,24). The smallest absolute Gasteiger partial charge is 0.272 e. The van der Waals surface area contributed by atoms with Crippen molar-refractivity contribution in [3.63, 3.8) is 0 Å². The highest BCUT2D eigenvalue weighted by molar-refractivity contribution is 5.93. The molecular formula is C21H28N4O. The summed E-state index contributed by atoms with van der Waals surface area (Å²) >= 11 is 0. The van der Waals surface area contributed by atoms with Crippen molar-refractivity contribution in [3.05, 3.63) is 46.4 Å². The third kappa shape index (κ3) is 4.21. The third-order valence-corrected chi connectivity index (χ3v) is 4.88. The van der Waals surface area contributed by atoms with Gasteiger partial charge in [0.15, 0.2) is 0 Å². The molecule has 138 valence electrons. The topological polar surface area (TPSA) is 58.1 Å². The monoisotopic (exact) mass is 352 g/mol. The number of nitrogens with one attached hydrogen (secondary N) is 1. The van der Waals surface area contributed by atoms with Gasteiger partial charge in [0.2, 0.25) is 0 Å². The number of anilines is 2. The fourth-order valence-corrected chi connectivity index (χ4v) is 3.68. The van der Waals surface area contributed by atoms with Gasteiger partial charge in [-0.15, -0.1) is 0 Å². The van der Waals surface area contributed by atoms with Crippen LogP contribution in [0.4, 0.5) is 11.5 Å². The molecule has 0 saturated carbocycles. The van der Waals surface area contributed by atoms with E-state index >= 15 is 0 Å². The summed E-state index contributed by atoms with van der Waals surface area (Å²) in [6, 6.07) is 6.07. The van der Waals surface area contributed by atoms with E-state index in [1.165, 1.54) is 29.5 Å². The highest BCUT2D eigenvalue weighted by Crippen LogP contribution is 2.25. The number of carbonyl (C=O) groups is 1. The van der Waals surface area contributed by atoms with Gasteiger partial charge < -0.3 is 10.2 Å². The van der Waals surface area contributed by atoms with E-state index in [0.29, 0.717) is 17.3 Å². The van der Waals surface area contributed by atoms with Gasteiger partial charge in [0, 0.05) is 24.8 Å². The Hall–Kier alpha value is -2.43. The molecule has 0 radical (unpaired) electrons. The van der Waals surface area contributed by atoms with Gasteiger partial charge >= 0.3 is 0 Å². The van der Waals surface area contributed by atoms with Crippen molar-refractivity contribution >= 4 is 17.4 Å². The van der Waals surface area contributed by atoms with E-state index in [4.69, 9.17) is 0 Å². The molecule has 0 unspecified atom stereocenters. The summed E-state index contributed by atoms with van der Waals surface area (Å²) < 4.78 is 0. The van der Waals surface area contributed by atoms with Crippen molar-refractivity contribution in [2.45, 2.75) is 53.4 Å². The van der Waals surface area contributed by atoms with E-state index in [0.717, 1.165) is 31.6 Å². The number of likely N-dealkylation sites (tertiary alicyclic amines) is 1. The maximum atomic E-state index is 12.9. The van der Waals surface area contributed by atoms with Gasteiger partial charge in [0.25, 0.3) is 5.91 Å². The van der Waals surface area contributed by atoms with Crippen LogP contribution in [0.2, 0.25) is 0 Å². The molecule has 1 amide bonds. The lowest BCUT2D eigenvalue weighted by Gasteiger charge is -2.20. The van der Waals surface area contributed by atoms with Crippen LogP contribution in [0.5, 0.6) is 0 Å². The number of aromatic nitrogens is 2. The Bertz CT molecular complexity index is 785. The number of carbonyl (C=O) groups excluding carboxylic acids is 1. The van der Waals surface area contributed by atoms with Gasteiger partial charge in [-0.1, -0.05) is 30.5 Å². The van der Waals surface area contributed by atoms with Crippen LogP contribution in [0.1, 0.15) is 58.7 Å². The van der Waals surface area contributed by atoms with Crippen LogP contribution < -0.4 is 5.32 Å². The first kappa shape index (κ1) is 18.4. The maximum absolute atomic E-state index is 12.9. The number of benzene rings is 1. The van der Waals surface area contributed by atoms with E-state index in [2.05, 4.69) is 48.2 Å². The molecule has 0 spiro atoms. The minimum Gasteiger partial charge on any atom is -0.340 e. The Morgan fingerprint density at radius 1 is 0.923 bits per heavy atom. The summed E-state index contributed by atoms with van der Waals surface area (Å²) in [7, 11) is 0. The number of rotatable bonds is 3. The van der Waals surface area contributed by atoms with Crippen LogP contribution in [0, 0.1) is 27.7 Å². The molecule has 1 aliphatic rings. The number of aryl methyl sites for hydroxylation is 4. The van der Waals surface area contributed by atoms with Crippen molar-refractivity contribution in [2.24, 2.45) is 0 Å². The minimum atomic E-state index is 0.0119. The van der Waals surface area contributed by atoms with Gasteiger partial charge in [-0.25, -0.2) is 9.97 Å². The Morgan fingerprint density at radius 2 is 1.54 bits per heavy atom. The van der Waals surface area contributed by atoms with Crippen LogP contribution in [-0.2, 0) is 0 Å². The molecule has 1 aromatic heterocycles. The Morgan fingerprint density at radius 3 is 2.15 bits per heavy atom. The van der Waals surface area contributed by atoms with Crippen molar-refractivity contribution < 1.29 is 4.79 Å². The van der Waals surface area contributed by atoms with Gasteiger partial charge in [0.05, 0.1) is 0 Å². The van der Waals surface area contributed by atoms with Crippen LogP contribution in [0.15, 0.2) is 18.2 Å². The normalized spacial score (nSPS) is 14.8. The summed E-state index contributed by atoms with van der Waals surface area (Å²) in [5.74, 6) is 1.29. The highest BCUT2D eigenvalue weighted by Gasteiger charge is 2.20. The maximum Gasteiger partial charge on any atom is 0.272 e. The number of amides is 1. The SMILES string of the molecule is Cc1cc(C)c(Nc2cc(C(=O)N3CCCCCC3)nc(C)n2)c(C)c1. The van der Waals surface area contributed by atoms with E-state index < -0.39 is 0 Å². The lowest BCUT2D eigenvalue weighted by Crippen LogP contribution is -2.32. The second kappa shape index (κ2) is 7.85. The molecule has 2 heterocycles. The number of hydrogen-bond acceptors (Lipinski definition) is 4. The third-order valence-electron chi connectivity index (χ3n) is 4.88. The van der Waals surface area contributed by atoms with Crippen molar-refractivity contribution in [1.82, 2.24) is 14.9 Å². The summed E-state index contributed by atoms with van der Waals surface area (Å²) in [5, 5.41) is 3.40. The molecule has 1 aliphatic heterocycles. The van der Waals surface area contributed by atoms with E-state index in [9.17, 15) is 4.79 Å². The molecule has 3 rings (SSSR count). The summed E-state index contributed by atoms with van der Waals surface area (Å²) in [5.41, 5.74) is 5.09. The highest BCUT2D eigenvalue weighted by atomic mass is 16.2. The lowest BCUT2D eigenvalue weighted by atomic mass is 10.1. The molecule has 0 atom stereocenters. The van der Waals surface area contributed by atoms with Crippen LogP contribution >= 0.6 is 0 Å². The molecule has 2 aromatic rings. The van der Waals surface area contributed by atoms with Gasteiger partial charge in [0.1, 0.15) is 17.3 Å². The van der Waals surface area contributed by atoms with E-state index in [1.807, 2.05) is 11.8 Å². The minimum absolute atomic E-state index is 0.0119. The zero-order valence-corrected chi connectivity index (χ0v) is 16.2. The molecular weight excluding hydrogens is 324 g/mol. The average molecular weight is 352 g/mol. The molecule has 1 N–H and O–H groups in total. The van der Waals surface area contributed by atoms with Crippen molar-refractivity contribution in [3.8, 4) is 0 Å². The first-order valence-electron chi connectivity index (χ1n) is 9.44. The average Bonchev–Trinajstić information content (AvgIpc) is 2.86. The Labute approximate surface area is 155 Å². The second-order valence-electron chi connectivity index (χ2n) is 7.29. The molecule has 26 heavy (non-hydrogen) atoms. The molecule has 5 nitrogen and oxygen atoms in total. The lowest BCUT2D eigenvalue weighted by molar-refractivity contribution is 0.0755. The van der Waals surface area contributed by atoms with Gasteiger partial charge in [-0.2, -0.15) is 0 Å².